The van der Waals surface area contributed by atoms with Crippen LogP contribution in [0.5, 0.6) is 0 Å². The predicted octanol–water partition coefficient (Wildman–Crippen LogP) is 2.26. The number of nitrogens with one attached hydrogen (secondary N) is 1. The van der Waals surface area contributed by atoms with Gasteiger partial charge in [-0.3, -0.25) is 4.90 Å². The largest absolute Gasteiger partial charge is 0.380 e. The SMILES string of the molecule is CCC(C)C1CNC(C)(CC)CN1C1CCOC1. The smallest absolute Gasteiger partial charge is 0.0622 e. The standard InChI is InChI=1S/C15H30N2O/c1-5-12(3)14-9-16-15(4,6-2)11-17(14)13-7-8-18-10-13/h12-14,16H,5-11H2,1-4H3. The van der Waals surface area contributed by atoms with Crippen molar-refractivity contribution in [3.63, 3.8) is 0 Å². The van der Waals surface area contributed by atoms with Crippen LogP contribution in [0, 0.1) is 5.92 Å². The monoisotopic (exact) mass is 254 g/mol. The van der Waals surface area contributed by atoms with Gasteiger partial charge in [0.15, 0.2) is 0 Å². The molecule has 2 aliphatic heterocycles. The lowest BCUT2D eigenvalue weighted by Crippen LogP contribution is -2.66. The Labute approximate surface area is 112 Å². The van der Waals surface area contributed by atoms with E-state index in [0.29, 0.717) is 12.1 Å². The number of nitrogens with zero attached hydrogens (tertiary/aromatic N) is 1. The Balaban J connectivity index is 2.10. The van der Waals surface area contributed by atoms with Gasteiger partial charge in [-0.05, 0) is 25.7 Å². The van der Waals surface area contributed by atoms with Crippen LogP contribution in [-0.4, -0.2) is 48.8 Å². The zero-order chi connectivity index (χ0) is 13.2. The topological polar surface area (TPSA) is 24.5 Å². The van der Waals surface area contributed by atoms with Crippen LogP contribution in [0.1, 0.15) is 47.0 Å². The molecular weight excluding hydrogens is 224 g/mol. The highest BCUT2D eigenvalue weighted by atomic mass is 16.5. The summed E-state index contributed by atoms with van der Waals surface area (Å²) in [6.45, 7) is 13.5. The van der Waals surface area contributed by atoms with Crippen molar-refractivity contribution in [2.24, 2.45) is 5.92 Å². The fourth-order valence-electron chi connectivity index (χ4n) is 3.26. The van der Waals surface area contributed by atoms with Gasteiger partial charge in [0.2, 0.25) is 0 Å². The Kier molecular flexibility index (Phi) is 4.68. The van der Waals surface area contributed by atoms with Crippen molar-refractivity contribution in [1.82, 2.24) is 10.2 Å². The van der Waals surface area contributed by atoms with Crippen molar-refractivity contribution in [1.29, 1.82) is 0 Å². The average Bonchev–Trinajstić information content (AvgIpc) is 2.91. The van der Waals surface area contributed by atoms with Gasteiger partial charge < -0.3 is 10.1 Å². The molecule has 2 fully saturated rings. The quantitative estimate of drug-likeness (QED) is 0.833. The first-order valence-corrected chi connectivity index (χ1v) is 7.68. The highest BCUT2D eigenvalue weighted by molar-refractivity contribution is 4.98. The summed E-state index contributed by atoms with van der Waals surface area (Å²) in [5, 5.41) is 3.78. The van der Waals surface area contributed by atoms with Crippen molar-refractivity contribution in [2.75, 3.05) is 26.3 Å². The molecule has 0 radical (unpaired) electrons. The maximum absolute atomic E-state index is 5.61. The molecule has 18 heavy (non-hydrogen) atoms. The molecule has 3 nitrogen and oxygen atoms in total. The normalized spacial score (nSPS) is 40.0. The Morgan fingerprint density at radius 1 is 1.44 bits per heavy atom. The zero-order valence-corrected chi connectivity index (χ0v) is 12.5. The van der Waals surface area contributed by atoms with Gasteiger partial charge >= 0.3 is 0 Å². The third-order valence-corrected chi connectivity index (χ3v) is 5.15. The summed E-state index contributed by atoms with van der Waals surface area (Å²) in [6, 6.07) is 1.33. The Morgan fingerprint density at radius 3 is 2.78 bits per heavy atom. The molecular formula is C15H30N2O. The molecule has 2 saturated heterocycles. The molecule has 0 aromatic rings. The Bertz CT molecular complexity index is 265. The van der Waals surface area contributed by atoms with Crippen LogP contribution in [0.4, 0.5) is 0 Å². The first kappa shape index (κ1) is 14.3. The van der Waals surface area contributed by atoms with Gasteiger partial charge in [-0.1, -0.05) is 27.2 Å². The zero-order valence-electron chi connectivity index (χ0n) is 12.5. The molecule has 0 saturated carbocycles. The summed E-state index contributed by atoms with van der Waals surface area (Å²) in [7, 11) is 0. The number of hydrogen-bond acceptors (Lipinski definition) is 3. The highest BCUT2D eigenvalue weighted by Crippen LogP contribution is 2.28. The second kappa shape index (κ2) is 5.89. The third-order valence-electron chi connectivity index (χ3n) is 5.15. The second-order valence-corrected chi connectivity index (χ2v) is 6.44. The average molecular weight is 254 g/mol. The number of rotatable bonds is 4. The van der Waals surface area contributed by atoms with Gasteiger partial charge in [-0.25, -0.2) is 0 Å². The van der Waals surface area contributed by atoms with Crippen LogP contribution in [0.2, 0.25) is 0 Å². The molecule has 4 atom stereocenters. The molecule has 0 aliphatic carbocycles. The van der Waals surface area contributed by atoms with E-state index in [9.17, 15) is 0 Å². The van der Waals surface area contributed by atoms with Crippen molar-refractivity contribution in [3.05, 3.63) is 0 Å². The van der Waals surface area contributed by atoms with Crippen LogP contribution in [0.3, 0.4) is 0 Å². The van der Waals surface area contributed by atoms with Gasteiger partial charge in [-0.2, -0.15) is 0 Å². The lowest BCUT2D eigenvalue weighted by molar-refractivity contribution is 0.0161. The third kappa shape index (κ3) is 2.89. The number of ether oxygens (including phenoxy) is 1. The second-order valence-electron chi connectivity index (χ2n) is 6.44. The van der Waals surface area contributed by atoms with E-state index >= 15 is 0 Å². The van der Waals surface area contributed by atoms with E-state index in [1.54, 1.807) is 0 Å². The Hall–Kier alpha value is -0.120. The lowest BCUT2D eigenvalue weighted by atomic mass is 9.87. The summed E-state index contributed by atoms with van der Waals surface area (Å²) < 4.78 is 5.61. The van der Waals surface area contributed by atoms with E-state index in [1.165, 1.54) is 25.8 Å². The van der Waals surface area contributed by atoms with Crippen molar-refractivity contribution < 1.29 is 4.74 Å². The number of hydrogen-bond donors (Lipinski definition) is 1. The van der Waals surface area contributed by atoms with E-state index < -0.39 is 0 Å². The molecule has 2 heterocycles. The van der Waals surface area contributed by atoms with Crippen LogP contribution in [0.15, 0.2) is 0 Å². The van der Waals surface area contributed by atoms with E-state index in [2.05, 4.69) is 37.9 Å². The fraction of sp³-hybridized carbons (Fsp3) is 1.00. The fourth-order valence-corrected chi connectivity index (χ4v) is 3.26. The Morgan fingerprint density at radius 2 is 2.22 bits per heavy atom. The molecule has 0 bridgehead atoms. The summed E-state index contributed by atoms with van der Waals surface area (Å²) >= 11 is 0. The van der Waals surface area contributed by atoms with E-state index in [4.69, 9.17) is 4.74 Å². The minimum absolute atomic E-state index is 0.284. The van der Waals surface area contributed by atoms with E-state index in [-0.39, 0.29) is 5.54 Å². The minimum Gasteiger partial charge on any atom is -0.380 e. The summed E-state index contributed by atoms with van der Waals surface area (Å²) in [4.78, 5) is 2.75. The van der Waals surface area contributed by atoms with Crippen molar-refractivity contribution in [3.8, 4) is 0 Å². The molecule has 3 heteroatoms. The molecule has 106 valence electrons. The van der Waals surface area contributed by atoms with E-state index in [1.807, 2.05) is 0 Å². The van der Waals surface area contributed by atoms with Gasteiger partial charge in [-0.15, -0.1) is 0 Å². The molecule has 2 rings (SSSR count). The maximum Gasteiger partial charge on any atom is 0.0622 e. The van der Waals surface area contributed by atoms with Crippen LogP contribution >= 0.6 is 0 Å². The van der Waals surface area contributed by atoms with Crippen LogP contribution < -0.4 is 5.32 Å². The van der Waals surface area contributed by atoms with Gasteiger partial charge in [0.05, 0.1) is 6.61 Å². The highest BCUT2D eigenvalue weighted by Gasteiger charge is 2.40. The van der Waals surface area contributed by atoms with Gasteiger partial charge in [0.25, 0.3) is 0 Å². The van der Waals surface area contributed by atoms with Crippen molar-refractivity contribution in [2.45, 2.75) is 64.6 Å². The van der Waals surface area contributed by atoms with Crippen molar-refractivity contribution >= 4 is 0 Å². The first-order valence-electron chi connectivity index (χ1n) is 7.68. The summed E-state index contributed by atoms with van der Waals surface area (Å²) in [6.07, 6.45) is 3.68. The summed E-state index contributed by atoms with van der Waals surface area (Å²) in [5.74, 6) is 0.763. The van der Waals surface area contributed by atoms with Gasteiger partial charge in [0.1, 0.15) is 0 Å². The molecule has 4 unspecified atom stereocenters. The minimum atomic E-state index is 0.284. The molecule has 0 aromatic heterocycles. The predicted molar refractivity (Wildman–Crippen MR) is 75.9 cm³/mol. The summed E-state index contributed by atoms with van der Waals surface area (Å²) in [5.41, 5.74) is 0.284. The van der Waals surface area contributed by atoms with Crippen LogP contribution in [-0.2, 0) is 4.74 Å². The van der Waals surface area contributed by atoms with Gasteiger partial charge in [0, 0.05) is 37.3 Å². The number of piperazine rings is 1. The van der Waals surface area contributed by atoms with E-state index in [0.717, 1.165) is 25.7 Å². The maximum atomic E-state index is 5.61. The van der Waals surface area contributed by atoms with Crippen LogP contribution in [0.25, 0.3) is 0 Å². The lowest BCUT2D eigenvalue weighted by Gasteiger charge is -2.50. The molecule has 2 aliphatic rings. The first-order chi connectivity index (χ1) is 8.59. The molecule has 0 amide bonds. The molecule has 0 aromatic carbocycles. The molecule has 1 N–H and O–H groups in total. The molecule has 0 spiro atoms.